The molecular formula is C13H28O4Si. The van der Waals surface area contributed by atoms with E-state index in [0.29, 0.717) is 19.8 Å². The van der Waals surface area contributed by atoms with Crippen LogP contribution in [0, 0.1) is 0 Å². The number of unbranched alkanes of at least 4 members (excludes halogenated alkanes) is 1. The molecule has 1 unspecified atom stereocenters. The van der Waals surface area contributed by atoms with Crippen molar-refractivity contribution >= 4 is 8.80 Å². The molecule has 0 heterocycles. The van der Waals surface area contributed by atoms with Gasteiger partial charge in [0.25, 0.3) is 0 Å². The van der Waals surface area contributed by atoms with Crippen molar-refractivity contribution in [3.8, 4) is 0 Å². The van der Waals surface area contributed by atoms with Gasteiger partial charge in [0, 0.05) is 19.8 Å². The molecule has 0 fully saturated rings. The molecule has 0 aromatic carbocycles. The van der Waals surface area contributed by atoms with Crippen LogP contribution >= 0.6 is 0 Å². The average Bonchev–Trinajstić information content (AvgIpc) is 2.35. The highest BCUT2D eigenvalue weighted by Crippen LogP contribution is 2.18. The molecular weight excluding hydrogens is 248 g/mol. The van der Waals surface area contributed by atoms with Crippen LogP contribution in [0.3, 0.4) is 0 Å². The lowest BCUT2D eigenvalue weighted by Gasteiger charge is -2.32. The summed E-state index contributed by atoms with van der Waals surface area (Å²) < 4.78 is 23.0. The molecule has 0 aliphatic rings. The van der Waals surface area contributed by atoms with Gasteiger partial charge in [0.15, 0.2) is 5.73 Å². The second kappa shape index (κ2) is 10.5. The lowest BCUT2D eigenvalue weighted by Crippen LogP contribution is -2.56. The van der Waals surface area contributed by atoms with Crippen LogP contribution in [0.4, 0.5) is 0 Å². The molecule has 0 bridgehead atoms. The van der Waals surface area contributed by atoms with Crippen molar-refractivity contribution in [1.29, 1.82) is 0 Å². The first-order valence-electron chi connectivity index (χ1n) is 6.89. The Hall–Kier alpha value is -0.363. The molecule has 0 rings (SSSR count). The Morgan fingerprint density at radius 2 is 1.44 bits per heavy atom. The molecule has 0 aromatic heterocycles. The van der Waals surface area contributed by atoms with Crippen LogP contribution in [0.2, 0.25) is 0 Å². The highest BCUT2D eigenvalue weighted by atomic mass is 28.4. The molecule has 0 radical (unpaired) electrons. The van der Waals surface area contributed by atoms with Gasteiger partial charge in [0.1, 0.15) is 0 Å². The maximum atomic E-state index is 5.76. The standard InChI is InChI=1S/C13H28O4Si/c1-6-10-11-12-14-13(5)18(15-7-2,16-8-3)17-9-4/h11-13H,6-10H2,1-5H3. The minimum Gasteiger partial charge on any atom is -0.494 e. The molecule has 0 N–H and O–H groups in total. The zero-order valence-corrected chi connectivity index (χ0v) is 13.4. The first-order chi connectivity index (χ1) is 8.66. The van der Waals surface area contributed by atoms with Gasteiger partial charge in [-0.1, -0.05) is 13.3 Å². The van der Waals surface area contributed by atoms with E-state index in [0.717, 1.165) is 12.8 Å². The lowest BCUT2D eigenvalue weighted by molar-refractivity contribution is 0.0224. The van der Waals surface area contributed by atoms with E-state index in [1.54, 1.807) is 6.26 Å². The van der Waals surface area contributed by atoms with Gasteiger partial charge < -0.3 is 18.0 Å². The Bertz CT molecular complexity index is 204. The van der Waals surface area contributed by atoms with Gasteiger partial charge in [0.2, 0.25) is 0 Å². The Morgan fingerprint density at radius 1 is 0.944 bits per heavy atom. The van der Waals surface area contributed by atoms with Crippen molar-refractivity contribution in [3.63, 3.8) is 0 Å². The first-order valence-corrected chi connectivity index (χ1v) is 8.69. The van der Waals surface area contributed by atoms with Gasteiger partial charge in [-0.2, -0.15) is 0 Å². The van der Waals surface area contributed by atoms with Crippen LogP contribution in [0.25, 0.3) is 0 Å². The monoisotopic (exact) mass is 276 g/mol. The van der Waals surface area contributed by atoms with E-state index in [-0.39, 0.29) is 5.73 Å². The summed E-state index contributed by atoms with van der Waals surface area (Å²) in [4.78, 5) is 0. The van der Waals surface area contributed by atoms with Gasteiger partial charge in [0.05, 0.1) is 6.26 Å². The SMILES string of the molecule is CCCC=COC(C)[Si](OCC)(OCC)OCC. The summed E-state index contributed by atoms with van der Waals surface area (Å²) in [6.45, 7) is 11.6. The Labute approximate surface area is 113 Å². The molecule has 0 amide bonds. The quantitative estimate of drug-likeness (QED) is 0.428. The molecule has 0 aliphatic heterocycles. The van der Waals surface area contributed by atoms with Gasteiger partial charge in [-0.15, -0.1) is 0 Å². The summed E-state index contributed by atoms with van der Waals surface area (Å²) in [5, 5.41) is 0. The smallest absolute Gasteiger partial charge is 0.494 e. The molecule has 0 aromatic rings. The van der Waals surface area contributed by atoms with Gasteiger partial charge in [-0.3, -0.25) is 0 Å². The van der Waals surface area contributed by atoms with Crippen LogP contribution in [-0.4, -0.2) is 34.4 Å². The van der Waals surface area contributed by atoms with Crippen LogP contribution in [0.15, 0.2) is 12.3 Å². The molecule has 0 saturated carbocycles. The van der Waals surface area contributed by atoms with Gasteiger partial charge in [-0.25, -0.2) is 0 Å². The fraction of sp³-hybridized carbons (Fsp3) is 0.846. The van der Waals surface area contributed by atoms with E-state index < -0.39 is 8.80 Å². The van der Waals surface area contributed by atoms with E-state index >= 15 is 0 Å². The third-order valence-electron chi connectivity index (χ3n) is 2.37. The van der Waals surface area contributed by atoms with Crippen molar-refractivity contribution in [2.75, 3.05) is 19.8 Å². The Balaban J connectivity index is 4.58. The fourth-order valence-electron chi connectivity index (χ4n) is 1.57. The van der Waals surface area contributed by atoms with E-state index in [9.17, 15) is 0 Å². The molecule has 0 saturated heterocycles. The minimum atomic E-state index is -2.73. The van der Waals surface area contributed by atoms with Crippen molar-refractivity contribution in [2.24, 2.45) is 0 Å². The van der Waals surface area contributed by atoms with E-state index in [4.69, 9.17) is 18.0 Å². The normalized spacial score (nSPS) is 14.1. The summed E-state index contributed by atoms with van der Waals surface area (Å²) in [5.74, 6) is 0. The average molecular weight is 276 g/mol. The van der Waals surface area contributed by atoms with Gasteiger partial charge in [-0.05, 0) is 40.2 Å². The molecule has 4 nitrogen and oxygen atoms in total. The van der Waals surface area contributed by atoms with Crippen LogP contribution in [0.5, 0.6) is 0 Å². The summed E-state index contributed by atoms with van der Waals surface area (Å²) in [5.41, 5.74) is -0.189. The maximum Gasteiger partial charge on any atom is 0.543 e. The Kier molecular flexibility index (Phi) is 10.3. The maximum absolute atomic E-state index is 5.76. The predicted octanol–water partition coefficient (Wildman–Crippen LogP) is 3.29. The number of allylic oxidation sites excluding steroid dienone is 1. The second-order valence-electron chi connectivity index (χ2n) is 3.84. The summed E-state index contributed by atoms with van der Waals surface area (Å²) in [6.07, 6.45) is 5.87. The zero-order valence-electron chi connectivity index (χ0n) is 12.4. The van der Waals surface area contributed by atoms with Crippen LogP contribution in [0.1, 0.15) is 47.5 Å². The first kappa shape index (κ1) is 17.6. The molecule has 1 atom stereocenters. The zero-order chi connectivity index (χ0) is 13.9. The number of hydrogen-bond donors (Lipinski definition) is 0. The van der Waals surface area contributed by atoms with Crippen LogP contribution in [-0.2, 0) is 18.0 Å². The molecule has 108 valence electrons. The van der Waals surface area contributed by atoms with Crippen molar-refractivity contribution < 1.29 is 18.0 Å². The lowest BCUT2D eigenvalue weighted by atomic mass is 10.3. The van der Waals surface area contributed by atoms with E-state index in [2.05, 4.69) is 6.92 Å². The number of rotatable bonds is 11. The topological polar surface area (TPSA) is 36.9 Å². The van der Waals surface area contributed by atoms with Gasteiger partial charge >= 0.3 is 8.80 Å². The number of ether oxygens (including phenoxy) is 1. The third-order valence-corrected chi connectivity index (χ3v) is 5.57. The third kappa shape index (κ3) is 6.00. The largest absolute Gasteiger partial charge is 0.543 e. The Morgan fingerprint density at radius 3 is 1.83 bits per heavy atom. The summed E-state index contributed by atoms with van der Waals surface area (Å²) in [7, 11) is -2.73. The van der Waals surface area contributed by atoms with E-state index in [1.807, 2.05) is 33.8 Å². The van der Waals surface area contributed by atoms with Crippen molar-refractivity contribution in [2.45, 2.75) is 53.2 Å². The highest BCUT2D eigenvalue weighted by Gasteiger charge is 2.48. The number of hydrogen-bond acceptors (Lipinski definition) is 4. The molecule has 5 heteroatoms. The summed E-state index contributed by atoms with van der Waals surface area (Å²) >= 11 is 0. The predicted molar refractivity (Wildman–Crippen MR) is 75.2 cm³/mol. The molecule has 0 aliphatic carbocycles. The minimum absolute atomic E-state index is 0.189. The molecule has 0 spiro atoms. The molecule has 18 heavy (non-hydrogen) atoms. The van der Waals surface area contributed by atoms with Crippen LogP contribution < -0.4 is 0 Å². The van der Waals surface area contributed by atoms with Crippen molar-refractivity contribution in [1.82, 2.24) is 0 Å². The highest BCUT2D eigenvalue weighted by molar-refractivity contribution is 6.62. The fourth-order valence-corrected chi connectivity index (χ4v) is 3.98. The van der Waals surface area contributed by atoms with Crippen molar-refractivity contribution in [3.05, 3.63) is 12.3 Å². The van der Waals surface area contributed by atoms with E-state index in [1.165, 1.54) is 0 Å². The summed E-state index contributed by atoms with van der Waals surface area (Å²) in [6, 6.07) is 0. The second-order valence-corrected chi connectivity index (χ2v) is 6.73.